The first kappa shape index (κ1) is 16.6. The maximum absolute atomic E-state index is 11.1. The maximum atomic E-state index is 11.1. The molecule has 1 fully saturated rings. The molecule has 1 aliphatic rings. The summed E-state index contributed by atoms with van der Waals surface area (Å²) in [5.41, 5.74) is 0.529. The van der Waals surface area contributed by atoms with Crippen LogP contribution in [-0.4, -0.2) is 29.5 Å². The van der Waals surface area contributed by atoms with Crippen LogP contribution in [0.1, 0.15) is 36.0 Å². The topological polar surface area (TPSA) is 17.1 Å². The van der Waals surface area contributed by atoms with Gasteiger partial charge in [0.1, 0.15) is 0 Å². The summed E-state index contributed by atoms with van der Waals surface area (Å²) < 4.78 is 1.05. The fourth-order valence-electron chi connectivity index (χ4n) is 2.04. The van der Waals surface area contributed by atoms with Gasteiger partial charge in [0.2, 0.25) is 0 Å². The zero-order chi connectivity index (χ0) is 13.5. The van der Waals surface area contributed by atoms with Crippen molar-refractivity contribution in [2.24, 2.45) is 0 Å². The minimum absolute atomic E-state index is 0.0649. The zero-order valence-corrected chi connectivity index (χ0v) is 13.6. The third-order valence-corrected chi connectivity index (χ3v) is 4.47. The second-order valence-electron chi connectivity index (χ2n) is 4.57. The van der Waals surface area contributed by atoms with E-state index >= 15 is 0 Å². The van der Waals surface area contributed by atoms with E-state index in [9.17, 15) is 4.79 Å². The molecule has 1 nitrogen and oxygen atoms in total. The van der Waals surface area contributed by atoms with Crippen LogP contribution in [0.4, 0.5) is 0 Å². The molecular weight excluding hydrogens is 278 g/mol. The van der Waals surface area contributed by atoms with Crippen molar-refractivity contribution in [3.63, 3.8) is 0 Å². The van der Waals surface area contributed by atoms with Crippen LogP contribution in [0.3, 0.4) is 0 Å². The Kier molecular flexibility index (Phi) is 8.00. The number of hydrogen-bond donors (Lipinski definition) is 0. The number of benzene rings is 1. The number of thioether (sulfide) groups is 1. The second-order valence-corrected chi connectivity index (χ2v) is 6.35. The van der Waals surface area contributed by atoms with Crippen LogP contribution in [0, 0.1) is 0 Å². The van der Waals surface area contributed by atoms with Crippen LogP contribution >= 0.6 is 32.6 Å². The predicted molar refractivity (Wildman–Crippen MR) is 85.2 cm³/mol. The number of rotatable bonds is 2. The van der Waals surface area contributed by atoms with Crippen molar-refractivity contribution < 1.29 is 4.79 Å². The van der Waals surface area contributed by atoms with E-state index in [1.165, 1.54) is 37.4 Å². The molecule has 0 aliphatic heterocycles. The van der Waals surface area contributed by atoms with E-state index in [0.29, 0.717) is 10.6 Å². The van der Waals surface area contributed by atoms with Crippen LogP contribution in [0.2, 0.25) is 9.61 Å². The Bertz CT molecular complexity index is 408. The Morgan fingerprint density at radius 1 is 1.44 bits per heavy atom. The molecule has 1 atom stereocenters. The summed E-state index contributed by atoms with van der Waals surface area (Å²) in [7, 11) is 2.13. The van der Waals surface area contributed by atoms with Gasteiger partial charge in [-0.2, -0.15) is 0 Å². The SMILES string of the molecule is CSc1cccc(Cl)c1C(=O)P.[Li][CH]1CCCC1. The van der Waals surface area contributed by atoms with E-state index in [-0.39, 0.29) is 5.52 Å². The minimum atomic E-state index is -0.0649. The standard InChI is InChI=1S/C8H8ClOPS.C5H9.Li/c1-12-6-4-2-3-5(9)7(6)8(10)11;1-2-4-5-3-1;/h2-4H,11H2,1H3;1H,2-5H2;. The summed E-state index contributed by atoms with van der Waals surface area (Å²) in [6, 6.07) is 5.44. The number of carbonyl (C=O) groups excluding carboxylic acids is 1. The molecular formula is C13H17ClLiOPS. The van der Waals surface area contributed by atoms with Gasteiger partial charge in [0.15, 0.2) is 5.52 Å². The Labute approximate surface area is 130 Å². The molecule has 1 aromatic rings. The van der Waals surface area contributed by atoms with Gasteiger partial charge in [-0.1, -0.05) is 26.9 Å². The summed E-state index contributed by atoms with van der Waals surface area (Å²) in [6.07, 6.45) is 7.87. The molecule has 2 rings (SSSR count). The summed E-state index contributed by atoms with van der Waals surface area (Å²) >= 11 is 9.72. The van der Waals surface area contributed by atoms with Crippen LogP contribution in [0.25, 0.3) is 0 Å². The summed E-state index contributed by atoms with van der Waals surface area (Å²) in [5, 5.41) is 0.516. The van der Waals surface area contributed by atoms with Gasteiger partial charge < -0.3 is 0 Å². The Morgan fingerprint density at radius 3 is 2.39 bits per heavy atom. The fourth-order valence-corrected chi connectivity index (χ4v) is 3.50. The van der Waals surface area contributed by atoms with Crippen molar-refractivity contribution in [2.75, 3.05) is 6.26 Å². The molecule has 0 aromatic heterocycles. The summed E-state index contributed by atoms with van der Waals surface area (Å²) in [6.45, 7) is 0. The van der Waals surface area contributed by atoms with Gasteiger partial charge in [-0.25, -0.2) is 0 Å². The molecule has 18 heavy (non-hydrogen) atoms. The van der Waals surface area contributed by atoms with Gasteiger partial charge >= 0.3 is 48.0 Å². The zero-order valence-electron chi connectivity index (χ0n) is 10.9. The van der Waals surface area contributed by atoms with Gasteiger partial charge in [0, 0.05) is 4.90 Å². The van der Waals surface area contributed by atoms with E-state index in [4.69, 9.17) is 11.6 Å². The van der Waals surface area contributed by atoms with Gasteiger partial charge in [-0.05, 0) is 18.4 Å². The Hall–Kier alpha value is 0.557. The number of carbonyl (C=O) groups is 1. The molecule has 94 valence electrons. The molecule has 0 heterocycles. The van der Waals surface area contributed by atoms with Crippen molar-refractivity contribution >= 4 is 55.8 Å². The molecule has 1 aromatic carbocycles. The first-order valence-corrected chi connectivity index (χ1v) is 8.36. The molecule has 0 amide bonds. The predicted octanol–water partition coefficient (Wildman–Crippen LogP) is 4.59. The van der Waals surface area contributed by atoms with Crippen molar-refractivity contribution in [3.8, 4) is 0 Å². The van der Waals surface area contributed by atoms with Crippen molar-refractivity contribution in [1.29, 1.82) is 0 Å². The Morgan fingerprint density at radius 2 is 2.06 bits per heavy atom. The molecule has 0 bridgehead atoms. The third-order valence-electron chi connectivity index (χ3n) is 3.09. The van der Waals surface area contributed by atoms with E-state index in [1.54, 1.807) is 6.07 Å². The fraction of sp³-hybridized carbons (Fsp3) is 0.462. The first-order chi connectivity index (χ1) is 8.56. The van der Waals surface area contributed by atoms with Crippen molar-refractivity contribution in [3.05, 3.63) is 28.8 Å². The monoisotopic (exact) mass is 294 g/mol. The molecule has 0 radical (unpaired) electrons. The molecule has 1 saturated carbocycles. The van der Waals surface area contributed by atoms with Crippen LogP contribution in [0.5, 0.6) is 0 Å². The molecule has 1 unspecified atom stereocenters. The summed E-state index contributed by atoms with van der Waals surface area (Å²) in [4.78, 5) is 12.0. The van der Waals surface area contributed by atoms with E-state index in [2.05, 4.69) is 27.0 Å². The van der Waals surface area contributed by atoms with Crippen molar-refractivity contribution in [1.82, 2.24) is 0 Å². The quantitative estimate of drug-likeness (QED) is 0.451. The van der Waals surface area contributed by atoms with Gasteiger partial charge in [-0.3, -0.25) is 4.79 Å². The van der Waals surface area contributed by atoms with E-state index in [1.807, 2.05) is 18.4 Å². The van der Waals surface area contributed by atoms with Crippen LogP contribution in [0.15, 0.2) is 23.1 Å². The molecule has 5 heteroatoms. The van der Waals surface area contributed by atoms with Crippen LogP contribution in [-0.2, 0) is 0 Å². The third kappa shape index (κ3) is 5.28. The van der Waals surface area contributed by atoms with E-state index in [0.717, 1.165) is 9.49 Å². The molecule has 0 spiro atoms. The number of halogens is 1. The van der Waals surface area contributed by atoms with Crippen molar-refractivity contribution in [2.45, 2.75) is 35.2 Å². The molecule has 1 aliphatic carbocycles. The van der Waals surface area contributed by atoms with Gasteiger partial charge in [0.25, 0.3) is 0 Å². The first-order valence-electron chi connectivity index (χ1n) is 6.18. The van der Waals surface area contributed by atoms with E-state index < -0.39 is 0 Å². The van der Waals surface area contributed by atoms with Crippen LogP contribution < -0.4 is 0 Å². The summed E-state index contributed by atoms with van der Waals surface area (Å²) in [5.74, 6) is 0. The number of hydrogen-bond acceptors (Lipinski definition) is 2. The van der Waals surface area contributed by atoms with Gasteiger partial charge in [-0.15, -0.1) is 11.8 Å². The normalized spacial score (nSPS) is 15.2. The molecule has 0 saturated heterocycles. The average molecular weight is 295 g/mol. The second kappa shape index (κ2) is 8.67. The average Bonchev–Trinajstić information content (AvgIpc) is 2.80. The van der Waals surface area contributed by atoms with Gasteiger partial charge in [0.05, 0.1) is 10.6 Å². The Balaban J connectivity index is 0.000000225. The molecule has 0 N–H and O–H groups in total.